The minimum Gasteiger partial charge on any atom is -0.469 e. The Bertz CT molecular complexity index is 687. The SMILES string of the molecule is COC(=O)CC[C@@H](C)[C@H]1CC[C@H]2[C@@H]3CC[C@H]4CCCC[C@]4(C)[C@H]3C[C@H](O[Si](C)(C)C)[C@]12C. The van der Waals surface area contributed by atoms with Gasteiger partial charge in [-0.2, -0.15) is 0 Å². The molecule has 3 nitrogen and oxygen atoms in total. The van der Waals surface area contributed by atoms with E-state index >= 15 is 0 Å². The van der Waals surface area contributed by atoms with Crippen LogP contribution in [0.15, 0.2) is 0 Å². The second kappa shape index (κ2) is 9.02. The van der Waals surface area contributed by atoms with Crippen molar-refractivity contribution in [3.63, 3.8) is 0 Å². The average molecular weight is 463 g/mol. The second-order valence-electron chi connectivity index (χ2n) is 13.5. The Morgan fingerprint density at radius 3 is 2.47 bits per heavy atom. The van der Waals surface area contributed by atoms with Gasteiger partial charge in [0.25, 0.3) is 0 Å². The van der Waals surface area contributed by atoms with E-state index in [9.17, 15) is 4.79 Å². The van der Waals surface area contributed by atoms with Crippen LogP contribution >= 0.6 is 0 Å². The van der Waals surface area contributed by atoms with E-state index in [1.807, 2.05) is 0 Å². The molecule has 184 valence electrons. The third-order valence-electron chi connectivity index (χ3n) is 10.9. The normalized spacial score (nSPS) is 44.8. The van der Waals surface area contributed by atoms with E-state index in [-0.39, 0.29) is 11.4 Å². The number of hydrogen-bond donors (Lipinski definition) is 0. The summed E-state index contributed by atoms with van der Waals surface area (Å²) in [5.74, 6) is 4.65. The third kappa shape index (κ3) is 4.25. The van der Waals surface area contributed by atoms with Crippen molar-refractivity contribution in [2.24, 2.45) is 46.3 Å². The van der Waals surface area contributed by atoms with Gasteiger partial charge in [0, 0.05) is 6.42 Å². The summed E-state index contributed by atoms with van der Waals surface area (Å²) in [7, 11) is -0.141. The second-order valence-corrected chi connectivity index (χ2v) is 18.0. The van der Waals surface area contributed by atoms with Crippen LogP contribution in [-0.4, -0.2) is 27.5 Å². The first kappa shape index (κ1) is 24.8. The molecular formula is C28H50O3Si. The highest BCUT2D eigenvalue weighted by Crippen LogP contribution is 2.69. The van der Waals surface area contributed by atoms with Gasteiger partial charge in [0.15, 0.2) is 8.32 Å². The van der Waals surface area contributed by atoms with Crippen LogP contribution in [0.2, 0.25) is 19.6 Å². The fourth-order valence-electron chi connectivity index (χ4n) is 9.44. The molecule has 32 heavy (non-hydrogen) atoms. The van der Waals surface area contributed by atoms with Crippen LogP contribution in [-0.2, 0) is 14.0 Å². The Labute approximate surface area is 198 Å². The number of methoxy groups -OCH3 is 1. The highest BCUT2D eigenvalue weighted by atomic mass is 28.4. The summed E-state index contributed by atoms with van der Waals surface area (Å²) >= 11 is 0. The fourth-order valence-corrected chi connectivity index (χ4v) is 10.6. The van der Waals surface area contributed by atoms with Gasteiger partial charge < -0.3 is 9.16 Å². The molecule has 4 rings (SSSR count). The predicted octanol–water partition coefficient (Wildman–Crippen LogP) is 7.45. The van der Waals surface area contributed by atoms with Crippen molar-refractivity contribution in [1.29, 1.82) is 0 Å². The molecule has 9 atom stereocenters. The Kier molecular flexibility index (Phi) is 6.98. The molecule has 0 unspecified atom stereocenters. The van der Waals surface area contributed by atoms with Gasteiger partial charge in [-0.3, -0.25) is 4.79 Å². The number of hydrogen-bond acceptors (Lipinski definition) is 3. The minimum atomic E-state index is -1.66. The van der Waals surface area contributed by atoms with Crippen LogP contribution in [0.3, 0.4) is 0 Å². The molecule has 0 spiro atoms. The van der Waals surface area contributed by atoms with Crippen LogP contribution in [0.25, 0.3) is 0 Å². The van der Waals surface area contributed by atoms with Crippen LogP contribution < -0.4 is 0 Å². The Morgan fingerprint density at radius 1 is 1.03 bits per heavy atom. The number of carbonyl (C=O) groups is 1. The van der Waals surface area contributed by atoms with Gasteiger partial charge in [-0.25, -0.2) is 0 Å². The average Bonchev–Trinajstić information content (AvgIpc) is 3.09. The Morgan fingerprint density at radius 2 is 1.78 bits per heavy atom. The lowest BCUT2D eigenvalue weighted by atomic mass is 9.44. The first-order valence-corrected chi connectivity index (χ1v) is 17.2. The van der Waals surface area contributed by atoms with Crippen LogP contribution in [0.5, 0.6) is 0 Å². The van der Waals surface area contributed by atoms with Gasteiger partial charge in [-0.15, -0.1) is 0 Å². The van der Waals surface area contributed by atoms with Gasteiger partial charge in [0.2, 0.25) is 0 Å². The Hall–Kier alpha value is -0.353. The number of carbonyl (C=O) groups excluding carboxylic acids is 1. The molecule has 0 N–H and O–H groups in total. The van der Waals surface area contributed by atoms with Crippen LogP contribution in [0, 0.1) is 46.3 Å². The van der Waals surface area contributed by atoms with Crippen molar-refractivity contribution in [1.82, 2.24) is 0 Å². The number of ether oxygens (including phenoxy) is 1. The molecule has 0 aromatic heterocycles. The molecule has 4 aliphatic rings. The number of rotatable bonds is 6. The van der Waals surface area contributed by atoms with Crippen molar-refractivity contribution >= 4 is 14.3 Å². The zero-order chi connectivity index (χ0) is 23.3. The van der Waals surface area contributed by atoms with Gasteiger partial charge >= 0.3 is 5.97 Å². The molecule has 0 aliphatic heterocycles. The van der Waals surface area contributed by atoms with E-state index in [1.54, 1.807) is 0 Å². The lowest BCUT2D eigenvalue weighted by Crippen LogP contribution is -2.60. The predicted molar refractivity (Wildman–Crippen MR) is 134 cm³/mol. The zero-order valence-corrected chi connectivity index (χ0v) is 23.0. The van der Waals surface area contributed by atoms with Crippen molar-refractivity contribution < 1.29 is 14.0 Å². The van der Waals surface area contributed by atoms with Gasteiger partial charge in [0.1, 0.15) is 0 Å². The zero-order valence-electron chi connectivity index (χ0n) is 22.0. The monoisotopic (exact) mass is 462 g/mol. The van der Waals surface area contributed by atoms with Crippen LogP contribution in [0.1, 0.15) is 91.4 Å². The molecule has 0 heterocycles. The molecule has 4 saturated carbocycles. The summed E-state index contributed by atoms with van der Waals surface area (Å²) < 4.78 is 12.1. The van der Waals surface area contributed by atoms with Crippen molar-refractivity contribution in [3.8, 4) is 0 Å². The summed E-state index contributed by atoms with van der Waals surface area (Å²) in [6.07, 6.45) is 14.6. The fraction of sp³-hybridized carbons (Fsp3) is 0.964. The summed E-state index contributed by atoms with van der Waals surface area (Å²) in [6, 6.07) is 0. The van der Waals surface area contributed by atoms with Crippen molar-refractivity contribution in [2.75, 3.05) is 7.11 Å². The molecular weight excluding hydrogens is 412 g/mol. The maximum absolute atomic E-state index is 11.9. The van der Waals surface area contributed by atoms with Gasteiger partial charge in [-0.1, -0.05) is 33.6 Å². The number of fused-ring (bicyclic) bond motifs is 5. The molecule has 0 radical (unpaired) electrons. The third-order valence-corrected chi connectivity index (χ3v) is 11.9. The summed E-state index contributed by atoms with van der Waals surface area (Å²) in [5.41, 5.74) is 0.799. The molecule has 0 aromatic carbocycles. The smallest absolute Gasteiger partial charge is 0.305 e. The Balaban J connectivity index is 1.64. The molecule has 4 heteroatoms. The standard InChI is InChI=1S/C28H50O3Si/c1-19(11-16-26(29)30-4)22-14-15-23-21-13-12-20-10-8-9-17-27(20,2)24(21)18-25(28(22,23)3)31-32(5,6)7/h19-25H,8-18H2,1-7H3/t19-,20-,21+,22-,23+,24+,25+,27+,28-/m1/s1. The van der Waals surface area contributed by atoms with Crippen molar-refractivity contribution in [3.05, 3.63) is 0 Å². The van der Waals surface area contributed by atoms with E-state index < -0.39 is 8.32 Å². The molecule has 0 aromatic rings. The topological polar surface area (TPSA) is 35.5 Å². The molecule has 0 saturated heterocycles. The summed E-state index contributed by atoms with van der Waals surface area (Å²) in [4.78, 5) is 11.9. The maximum Gasteiger partial charge on any atom is 0.305 e. The lowest BCUT2D eigenvalue weighted by Gasteiger charge is -2.63. The first-order chi connectivity index (χ1) is 15.0. The molecule has 0 bridgehead atoms. The molecule has 4 fully saturated rings. The largest absolute Gasteiger partial charge is 0.469 e. The minimum absolute atomic E-state index is 0.0568. The molecule has 0 amide bonds. The van der Waals surface area contributed by atoms with E-state index in [2.05, 4.69) is 40.4 Å². The lowest BCUT2D eigenvalue weighted by molar-refractivity contribution is -0.163. The highest BCUT2D eigenvalue weighted by Gasteiger charge is 2.64. The van der Waals surface area contributed by atoms with Crippen LogP contribution in [0.4, 0.5) is 0 Å². The molecule has 4 aliphatic carbocycles. The quantitative estimate of drug-likeness (QED) is 0.303. The van der Waals surface area contributed by atoms with E-state index in [0.717, 1.165) is 30.1 Å². The van der Waals surface area contributed by atoms with Gasteiger partial charge in [0.05, 0.1) is 13.2 Å². The number of esters is 1. The highest BCUT2D eigenvalue weighted by molar-refractivity contribution is 6.69. The van der Waals surface area contributed by atoms with Crippen molar-refractivity contribution in [2.45, 2.75) is 117 Å². The van der Waals surface area contributed by atoms with E-state index in [0.29, 0.717) is 29.8 Å². The maximum atomic E-state index is 11.9. The van der Waals surface area contributed by atoms with E-state index in [4.69, 9.17) is 9.16 Å². The van der Waals surface area contributed by atoms with E-state index in [1.165, 1.54) is 64.9 Å². The first-order valence-electron chi connectivity index (χ1n) is 13.8. The summed E-state index contributed by atoms with van der Waals surface area (Å²) in [5, 5.41) is 0. The summed E-state index contributed by atoms with van der Waals surface area (Å²) in [6.45, 7) is 14.8. The van der Waals surface area contributed by atoms with Gasteiger partial charge in [-0.05, 0) is 117 Å².